The van der Waals surface area contributed by atoms with Gasteiger partial charge in [-0.2, -0.15) is 0 Å². The summed E-state index contributed by atoms with van der Waals surface area (Å²) >= 11 is 3.59. The van der Waals surface area contributed by atoms with Gasteiger partial charge in [0.15, 0.2) is 0 Å². The van der Waals surface area contributed by atoms with Gasteiger partial charge in [-0.15, -0.1) is 0 Å². The third-order valence-electron chi connectivity index (χ3n) is 3.37. The minimum atomic E-state index is -0.000877. The number of anilines is 1. The van der Waals surface area contributed by atoms with E-state index in [-0.39, 0.29) is 5.91 Å². The van der Waals surface area contributed by atoms with E-state index >= 15 is 0 Å². The van der Waals surface area contributed by atoms with Gasteiger partial charge in [0.05, 0.1) is 19.3 Å². The van der Waals surface area contributed by atoms with E-state index in [1.54, 1.807) is 26.1 Å². The molecule has 0 aliphatic carbocycles. The average Bonchev–Trinajstić information content (AvgIpc) is 2.39. The Labute approximate surface area is 123 Å². The zero-order valence-electron chi connectivity index (χ0n) is 12.3. The number of methoxy groups -OCH3 is 1. The summed E-state index contributed by atoms with van der Waals surface area (Å²) < 4.78 is 6.53. The van der Waals surface area contributed by atoms with Crippen LogP contribution in [-0.4, -0.2) is 33.7 Å². The van der Waals surface area contributed by atoms with Gasteiger partial charge in [-0.1, -0.05) is 15.9 Å². The van der Waals surface area contributed by atoms with Crippen molar-refractivity contribution in [1.82, 2.24) is 5.32 Å². The predicted molar refractivity (Wildman–Crippen MR) is 82.2 cm³/mol. The summed E-state index contributed by atoms with van der Waals surface area (Å²) in [7, 11) is 5.16. The number of nitrogens with zero attached hydrogens (tertiary/aromatic N) is 1. The van der Waals surface area contributed by atoms with Crippen molar-refractivity contribution in [1.29, 1.82) is 0 Å². The zero-order chi connectivity index (χ0) is 14.7. The van der Waals surface area contributed by atoms with Gasteiger partial charge in [0.2, 0.25) is 5.91 Å². The Bertz CT molecular complexity index is 501. The van der Waals surface area contributed by atoms with E-state index in [1.807, 2.05) is 20.8 Å². The van der Waals surface area contributed by atoms with Crippen molar-refractivity contribution in [3.05, 3.63) is 21.2 Å². The van der Waals surface area contributed by atoms with Crippen LogP contribution in [0.3, 0.4) is 0 Å². The van der Waals surface area contributed by atoms with Crippen molar-refractivity contribution in [2.75, 3.05) is 32.6 Å². The van der Waals surface area contributed by atoms with Crippen LogP contribution in [-0.2, 0) is 4.79 Å². The number of amides is 1. The first-order chi connectivity index (χ1) is 8.86. The lowest BCUT2D eigenvalue weighted by Crippen LogP contribution is -2.35. The molecule has 1 rings (SSSR count). The van der Waals surface area contributed by atoms with E-state index in [4.69, 9.17) is 4.74 Å². The maximum Gasteiger partial charge on any atom is 0.240 e. The monoisotopic (exact) mass is 328 g/mol. The molecule has 106 valence electrons. The summed E-state index contributed by atoms with van der Waals surface area (Å²) in [5.74, 6) is 0.754. The molecule has 1 aromatic carbocycles. The van der Waals surface area contributed by atoms with Crippen molar-refractivity contribution in [3.63, 3.8) is 0 Å². The average molecular weight is 329 g/mol. The van der Waals surface area contributed by atoms with E-state index in [0.29, 0.717) is 6.54 Å². The van der Waals surface area contributed by atoms with Crippen molar-refractivity contribution in [3.8, 4) is 5.75 Å². The van der Waals surface area contributed by atoms with Crippen LogP contribution in [0.15, 0.2) is 4.47 Å². The SMILES string of the molecule is CNCC(=O)N(C)c1c(C)c(Br)c(C)c(C)c1OC. The molecule has 0 heterocycles. The van der Waals surface area contributed by atoms with E-state index in [0.717, 1.165) is 32.6 Å². The quantitative estimate of drug-likeness (QED) is 0.923. The molecule has 0 aliphatic rings. The number of halogens is 1. The molecular weight excluding hydrogens is 308 g/mol. The van der Waals surface area contributed by atoms with Gasteiger partial charge in [0.1, 0.15) is 5.75 Å². The van der Waals surface area contributed by atoms with Crippen molar-refractivity contribution in [2.24, 2.45) is 0 Å². The minimum Gasteiger partial charge on any atom is -0.494 e. The maximum atomic E-state index is 12.1. The number of hydrogen-bond acceptors (Lipinski definition) is 3. The third kappa shape index (κ3) is 2.92. The minimum absolute atomic E-state index is 0.000877. The third-order valence-corrected chi connectivity index (χ3v) is 4.56. The molecule has 0 atom stereocenters. The molecule has 5 heteroatoms. The van der Waals surface area contributed by atoms with Gasteiger partial charge < -0.3 is 15.0 Å². The van der Waals surface area contributed by atoms with E-state index < -0.39 is 0 Å². The summed E-state index contributed by atoms with van der Waals surface area (Å²) in [6.45, 7) is 6.31. The molecule has 0 bridgehead atoms. The van der Waals surface area contributed by atoms with Gasteiger partial charge in [-0.05, 0) is 44.5 Å². The Morgan fingerprint density at radius 2 is 1.84 bits per heavy atom. The van der Waals surface area contributed by atoms with Gasteiger partial charge in [-0.3, -0.25) is 4.79 Å². The highest BCUT2D eigenvalue weighted by Crippen LogP contribution is 2.41. The van der Waals surface area contributed by atoms with Gasteiger partial charge >= 0.3 is 0 Å². The molecule has 0 saturated heterocycles. The molecule has 0 aliphatic heterocycles. The fourth-order valence-electron chi connectivity index (χ4n) is 2.12. The van der Waals surface area contributed by atoms with Gasteiger partial charge in [0, 0.05) is 11.5 Å². The Balaban J connectivity index is 3.45. The molecule has 0 unspecified atom stereocenters. The standard InChI is InChI=1S/C14H21BrN2O2/c1-8-9(2)14(19-6)13(10(3)12(8)15)17(5)11(18)7-16-4/h16H,7H2,1-6H3. The van der Waals surface area contributed by atoms with Crippen LogP contribution in [0.4, 0.5) is 5.69 Å². The fraction of sp³-hybridized carbons (Fsp3) is 0.500. The van der Waals surface area contributed by atoms with Crippen LogP contribution < -0.4 is 15.0 Å². The lowest BCUT2D eigenvalue weighted by atomic mass is 10.0. The van der Waals surface area contributed by atoms with Crippen LogP contribution in [0.2, 0.25) is 0 Å². The molecule has 1 amide bonds. The van der Waals surface area contributed by atoms with Gasteiger partial charge in [0.25, 0.3) is 0 Å². The molecule has 4 nitrogen and oxygen atoms in total. The van der Waals surface area contributed by atoms with E-state index in [9.17, 15) is 4.79 Å². The lowest BCUT2D eigenvalue weighted by molar-refractivity contribution is -0.117. The maximum absolute atomic E-state index is 12.1. The number of benzene rings is 1. The Morgan fingerprint density at radius 3 is 2.32 bits per heavy atom. The van der Waals surface area contributed by atoms with Gasteiger partial charge in [-0.25, -0.2) is 0 Å². The zero-order valence-corrected chi connectivity index (χ0v) is 13.9. The van der Waals surface area contributed by atoms with Crippen LogP contribution in [0.5, 0.6) is 5.75 Å². The molecule has 19 heavy (non-hydrogen) atoms. The molecular formula is C14H21BrN2O2. The number of rotatable bonds is 4. The predicted octanol–water partition coefficient (Wildman–Crippen LogP) is 2.57. The number of hydrogen-bond donors (Lipinski definition) is 1. The van der Waals surface area contributed by atoms with Crippen molar-refractivity contribution < 1.29 is 9.53 Å². The normalized spacial score (nSPS) is 10.5. The van der Waals surface area contributed by atoms with Crippen molar-refractivity contribution >= 4 is 27.5 Å². The lowest BCUT2D eigenvalue weighted by Gasteiger charge is -2.25. The number of nitrogens with one attached hydrogen (secondary N) is 1. The Morgan fingerprint density at radius 1 is 1.26 bits per heavy atom. The molecule has 0 aromatic heterocycles. The number of ether oxygens (including phenoxy) is 1. The molecule has 0 saturated carbocycles. The summed E-state index contributed by atoms with van der Waals surface area (Å²) in [5.41, 5.74) is 4.00. The summed E-state index contributed by atoms with van der Waals surface area (Å²) in [6, 6.07) is 0. The second-order valence-corrected chi connectivity index (χ2v) is 5.35. The molecule has 0 fully saturated rings. The molecule has 1 aromatic rings. The summed E-state index contributed by atoms with van der Waals surface area (Å²) in [4.78, 5) is 13.7. The van der Waals surface area contributed by atoms with E-state index in [1.165, 1.54) is 0 Å². The summed E-state index contributed by atoms with van der Waals surface area (Å²) in [5, 5.41) is 2.87. The molecule has 0 radical (unpaired) electrons. The highest BCUT2D eigenvalue weighted by atomic mass is 79.9. The summed E-state index contributed by atoms with van der Waals surface area (Å²) in [6.07, 6.45) is 0. The Kier molecular flexibility index (Phi) is 5.38. The largest absolute Gasteiger partial charge is 0.494 e. The number of carbonyl (C=O) groups is 1. The number of carbonyl (C=O) groups excluding carboxylic acids is 1. The van der Waals surface area contributed by atoms with Crippen LogP contribution in [0, 0.1) is 20.8 Å². The molecule has 0 spiro atoms. The first-order valence-electron chi connectivity index (χ1n) is 6.11. The van der Waals surface area contributed by atoms with Crippen LogP contribution in [0.25, 0.3) is 0 Å². The molecule has 1 N–H and O–H groups in total. The fourth-order valence-corrected chi connectivity index (χ4v) is 2.60. The first kappa shape index (κ1) is 16.0. The van der Waals surface area contributed by atoms with E-state index in [2.05, 4.69) is 21.2 Å². The second kappa shape index (κ2) is 6.39. The smallest absolute Gasteiger partial charge is 0.240 e. The Hall–Kier alpha value is -1.07. The highest BCUT2D eigenvalue weighted by molar-refractivity contribution is 9.10. The van der Waals surface area contributed by atoms with Crippen LogP contribution >= 0.6 is 15.9 Å². The first-order valence-corrected chi connectivity index (χ1v) is 6.90. The highest BCUT2D eigenvalue weighted by Gasteiger charge is 2.22. The topological polar surface area (TPSA) is 41.6 Å². The van der Waals surface area contributed by atoms with Crippen molar-refractivity contribution in [2.45, 2.75) is 20.8 Å². The number of likely N-dealkylation sites (N-methyl/N-ethyl adjacent to an activating group) is 2. The van der Waals surface area contributed by atoms with Crippen LogP contribution in [0.1, 0.15) is 16.7 Å². The second-order valence-electron chi connectivity index (χ2n) is 4.55.